The molecule has 0 saturated carbocycles. The van der Waals surface area contributed by atoms with Crippen LogP contribution in [0.3, 0.4) is 0 Å². The number of likely N-dealkylation sites (tertiary alicyclic amines) is 2. The van der Waals surface area contributed by atoms with Crippen LogP contribution in [-0.4, -0.2) is 172 Å². The molecule has 9 amide bonds. The fraction of sp³-hybridized carbons (Fsp3) is 0.745. The Kier molecular flexibility index (Phi) is 26.7. The number of aliphatic carboxylic acids is 2. The summed E-state index contributed by atoms with van der Waals surface area (Å²) in [6, 6.07) is -11.6. The fourth-order valence-electron chi connectivity index (χ4n) is 8.75. The lowest BCUT2D eigenvalue weighted by atomic mass is 9.98. The standard InChI is InChI=1S/C47H82N14O13/c1-24(2)20-30(57-42(69)33-14-10-18-60(33)44(71)27(49)22-36(63)64)39(66)56-32(23-35(50)62)40(67)59-37(26(5)6)43(70)58-31(21-25(3)4)38(65)54-28(12-7-8-16-48)45(72)61-19-11-15-34(61)41(68)55-29(46(73)74)13-9-17-53-47(51)52/h24-34,37H,7-23,48-49H2,1-6H3,(H2,50,62)(H,54,65)(H,55,68)(H,56,66)(H,57,69)(H,58,70)(H,59,67)(H,63,64)(H,73,74)(H4,51,52,53)/t27-,28-,29-,30-,31-,32-,33-,34-,37-/m0/s1. The predicted octanol–water partition coefficient (Wildman–Crippen LogP) is -3.43. The van der Waals surface area contributed by atoms with E-state index in [1.165, 1.54) is 9.80 Å². The maximum absolute atomic E-state index is 14.3. The molecule has 0 aromatic heterocycles. The third kappa shape index (κ3) is 21.1. The number of carbonyl (C=O) groups excluding carboxylic acids is 9. The number of rotatable bonds is 32. The van der Waals surface area contributed by atoms with Crippen molar-refractivity contribution in [3.8, 4) is 0 Å². The van der Waals surface area contributed by atoms with Gasteiger partial charge in [0.2, 0.25) is 53.2 Å². The van der Waals surface area contributed by atoms with E-state index >= 15 is 0 Å². The van der Waals surface area contributed by atoms with E-state index in [1.807, 2.05) is 0 Å². The first kappa shape index (κ1) is 63.5. The maximum atomic E-state index is 14.3. The summed E-state index contributed by atoms with van der Waals surface area (Å²) in [5.74, 6) is -11.0. The summed E-state index contributed by atoms with van der Waals surface area (Å²) in [6.45, 7) is 11.0. The summed E-state index contributed by atoms with van der Waals surface area (Å²) in [5.41, 5.74) is 27.8. The van der Waals surface area contributed by atoms with Crippen molar-refractivity contribution in [3.63, 3.8) is 0 Å². The van der Waals surface area contributed by atoms with E-state index in [1.54, 1.807) is 41.5 Å². The van der Waals surface area contributed by atoms with Crippen LogP contribution in [0.5, 0.6) is 0 Å². The van der Waals surface area contributed by atoms with Gasteiger partial charge in [0.25, 0.3) is 0 Å². The van der Waals surface area contributed by atoms with Crippen molar-refractivity contribution in [1.82, 2.24) is 41.7 Å². The van der Waals surface area contributed by atoms with Gasteiger partial charge in [-0.3, -0.25) is 52.9 Å². The van der Waals surface area contributed by atoms with Crippen molar-refractivity contribution in [2.75, 3.05) is 26.2 Å². The highest BCUT2D eigenvalue weighted by Gasteiger charge is 2.42. The Labute approximate surface area is 431 Å². The number of nitrogens with zero attached hydrogens (tertiary/aromatic N) is 3. The molecule has 0 unspecified atom stereocenters. The zero-order valence-electron chi connectivity index (χ0n) is 43.6. The van der Waals surface area contributed by atoms with E-state index in [-0.39, 0.29) is 88.9 Å². The third-order valence-corrected chi connectivity index (χ3v) is 12.5. The molecule has 2 aliphatic heterocycles. The first-order valence-corrected chi connectivity index (χ1v) is 25.4. The van der Waals surface area contributed by atoms with E-state index in [4.69, 9.17) is 33.8 Å². The molecule has 0 radical (unpaired) electrons. The molecule has 2 aliphatic rings. The van der Waals surface area contributed by atoms with Crippen molar-refractivity contribution in [2.24, 2.45) is 51.4 Å². The van der Waals surface area contributed by atoms with Crippen LogP contribution < -0.4 is 60.6 Å². The molecule has 418 valence electrons. The van der Waals surface area contributed by atoms with E-state index in [9.17, 15) is 57.8 Å². The quantitative estimate of drug-likeness (QED) is 0.0177. The lowest BCUT2D eigenvalue weighted by Crippen LogP contribution is -2.61. The smallest absolute Gasteiger partial charge is 0.326 e. The Balaban J connectivity index is 2.32. The third-order valence-electron chi connectivity index (χ3n) is 12.5. The molecule has 0 aromatic carbocycles. The summed E-state index contributed by atoms with van der Waals surface area (Å²) in [7, 11) is 0. The Bertz CT molecular complexity index is 2020. The molecule has 0 aromatic rings. The van der Waals surface area contributed by atoms with E-state index in [0.29, 0.717) is 25.7 Å². The molecular formula is C47H82N14O13. The van der Waals surface area contributed by atoms with Gasteiger partial charge in [-0.1, -0.05) is 41.5 Å². The average Bonchev–Trinajstić information content (AvgIpc) is 4.01. The normalized spacial score (nSPS) is 18.3. The van der Waals surface area contributed by atoms with Crippen molar-refractivity contribution in [3.05, 3.63) is 0 Å². The van der Waals surface area contributed by atoms with Gasteiger partial charge >= 0.3 is 11.9 Å². The zero-order chi connectivity index (χ0) is 56.0. The number of carbonyl (C=O) groups is 11. The molecule has 2 rings (SSSR count). The van der Waals surface area contributed by atoms with Crippen molar-refractivity contribution in [2.45, 2.75) is 179 Å². The van der Waals surface area contributed by atoms with Gasteiger partial charge in [0.15, 0.2) is 5.96 Å². The van der Waals surface area contributed by atoms with Gasteiger partial charge in [-0.2, -0.15) is 0 Å². The van der Waals surface area contributed by atoms with E-state index in [0.717, 1.165) is 0 Å². The van der Waals surface area contributed by atoms with Crippen LogP contribution in [0.1, 0.15) is 125 Å². The number of unbranched alkanes of at least 4 members (excludes halogenated alkanes) is 1. The molecule has 2 saturated heterocycles. The predicted molar refractivity (Wildman–Crippen MR) is 269 cm³/mol. The molecule has 27 nitrogen and oxygen atoms in total. The number of nitrogens with one attached hydrogen (secondary N) is 6. The maximum Gasteiger partial charge on any atom is 0.326 e. The summed E-state index contributed by atoms with van der Waals surface area (Å²) >= 11 is 0. The lowest BCUT2D eigenvalue weighted by molar-refractivity contribution is -0.145. The van der Waals surface area contributed by atoms with Crippen LogP contribution in [0, 0.1) is 17.8 Å². The minimum atomic E-state index is -1.66. The molecular weight excluding hydrogens is 969 g/mol. The Morgan fingerprint density at radius 1 is 0.581 bits per heavy atom. The first-order chi connectivity index (χ1) is 34.7. The van der Waals surface area contributed by atoms with Gasteiger partial charge in [0.1, 0.15) is 48.3 Å². The molecule has 0 aliphatic carbocycles. The van der Waals surface area contributed by atoms with Gasteiger partial charge in [0, 0.05) is 19.6 Å². The van der Waals surface area contributed by atoms with Crippen molar-refractivity contribution >= 4 is 71.1 Å². The minimum absolute atomic E-state index is 0.00836. The number of amides is 9. The second-order valence-electron chi connectivity index (χ2n) is 20.1. The van der Waals surface area contributed by atoms with Crippen LogP contribution in [0.4, 0.5) is 0 Å². The zero-order valence-corrected chi connectivity index (χ0v) is 43.6. The fourth-order valence-corrected chi connectivity index (χ4v) is 8.75. The number of hydrogen-bond donors (Lipinski definition) is 13. The number of carboxylic acid groups (broad SMARTS) is 2. The van der Waals surface area contributed by atoms with Gasteiger partial charge in [0.05, 0.1) is 18.9 Å². The average molecular weight is 1050 g/mol. The van der Waals surface area contributed by atoms with E-state index in [2.05, 4.69) is 36.9 Å². The van der Waals surface area contributed by atoms with E-state index < -0.39 is 138 Å². The Hall–Kier alpha value is -6.64. The van der Waals surface area contributed by atoms with Crippen LogP contribution in [-0.2, 0) is 52.7 Å². The number of aliphatic imine (C=N–C) groups is 1. The number of nitrogens with two attached hydrogens (primary N) is 5. The summed E-state index contributed by atoms with van der Waals surface area (Å²) in [4.78, 5) is 153. The summed E-state index contributed by atoms with van der Waals surface area (Å²) in [6.07, 6.45) is 1.23. The largest absolute Gasteiger partial charge is 0.481 e. The monoisotopic (exact) mass is 1050 g/mol. The lowest BCUT2D eigenvalue weighted by Gasteiger charge is -2.31. The molecule has 2 fully saturated rings. The molecule has 0 spiro atoms. The van der Waals surface area contributed by atoms with Crippen molar-refractivity contribution in [1.29, 1.82) is 0 Å². The van der Waals surface area contributed by atoms with Crippen molar-refractivity contribution < 1.29 is 63.0 Å². The SMILES string of the molecule is CC(C)C[C@H](NC(=O)[C@@H](NC(=O)[C@H](CC(N)=O)NC(=O)[C@H](CC(C)C)NC(=O)[C@@H]1CCCN1C(=O)[C@@H](N)CC(=O)O)C(C)C)C(=O)N[C@@H](CCCCN)C(=O)N1CCC[C@H]1C(=O)N[C@@H](CCCN=C(N)N)C(=O)O. The molecule has 74 heavy (non-hydrogen) atoms. The summed E-state index contributed by atoms with van der Waals surface area (Å²) < 4.78 is 0. The minimum Gasteiger partial charge on any atom is -0.481 e. The Morgan fingerprint density at radius 2 is 1.05 bits per heavy atom. The number of hydrogen-bond acceptors (Lipinski definition) is 14. The van der Waals surface area contributed by atoms with Crippen LogP contribution in [0.2, 0.25) is 0 Å². The first-order valence-electron chi connectivity index (χ1n) is 25.4. The molecule has 9 atom stereocenters. The highest BCUT2D eigenvalue weighted by molar-refractivity contribution is 5.99. The summed E-state index contributed by atoms with van der Waals surface area (Å²) in [5, 5.41) is 34.6. The number of carboxylic acids is 2. The topological polar surface area (TPSA) is 449 Å². The molecule has 27 heteroatoms. The Morgan fingerprint density at radius 3 is 1.53 bits per heavy atom. The molecule has 18 N–H and O–H groups in total. The highest BCUT2D eigenvalue weighted by atomic mass is 16.4. The highest BCUT2D eigenvalue weighted by Crippen LogP contribution is 2.22. The van der Waals surface area contributed by atoms with Gasteiger partial charge in [-0.25, -0.2) is 4.79 Å². The van der Waals surface area contributed by atoms with Gasteiger partial charge in [-0.05, 0) is 94.9 Å². The van der Waals surface area contributed by atoms with Crippen LogP contribution in [0.15, 0.2) is 4.99 Å². The molecule has 2 heterocycles. The second-order valence-corrected chi connectivity index (χ2v) is 20.1. The van der Waals surface area contributed by atoms with Gasteiger partial charge in [-0.15, -0.1) is 0 Å². The van der Waals surface area contributed by atoms with Crippen LogP contribution in [0.25, 0.3) is 0 Å². The second kappa shape index (κ2) is 31.2. The number of primary amides is 1. The van der Waals surface area contributed by atoms with Crippen LogP contribution >= 0.6 is 0 Å². The van der Waals surface area contributed by atoms with Gasteiger partial charge < -0.3 is 80.6 Å². The number of guanidine groups is 1. The molecule has 0 bridgehead atoms.